The molecule has 3 aromatic heterocycles. The van der Waals surface area contributed by atoms with Gasteiger partial charge in [-0.3, -0.25) is 9.78 Å². The van der Waals surface area contributed by atoms with E-state index >= 15 is 0 Å². The van der Waals surface area contributed by atoms with Gasteiger partial charge < -0.3 is 9.47 Å². The van der Waals surface area contributed by atoms with Gasteiger partial charge in [0, 0.05) is 48.6 Å². The van der Waals surface area contributed by atoms with Gasteiger partial charge in [-0.1, -0.05) is 0 Å². The number of rotatable bonds is 8. The summed E-state index contributed by atoms with van der Waals surface area (Å²) in [5.74, 6) is 2.02. The summed E-state index contributed by atoms with van der Waals surface area (Å²) in [5, 5.41) is 4.23. The van der Waals surface area contributed by atoms with E-state index in [4.69, 9.17) is 9.47 Å². The molecule has 8 heteroatoms. The molecule has 1 saturated carbocycles. The van der Waals surface area contributed by atoms with Gasteiger partial charge in [0.1, 0.15) is 12.1 Å². The first-order chi connectivity index (χ1) is 14.1. The van der Waals surface area contributed by atoms with Crippen molar-refractivity contribution in [2.75, 3.05) is 13.7 Å². The quantitative estimate of drug-likeness (QED) is 0.577. The number of aryl methyl sites for hydroxylation is 3. The highest BCUT2D eigenvalue weighted by molar-refractivity contribution is 5.25. The van der Waals surface area contributed by atoms with Crippen molar-refractivity contribution in [1.29, 1.82) is 0 Å². The molecule has 8 nitrogen and oxygen atoms in total. The van der Waals surface area contributed by atoms with Crippen molar-refractivity contribution in [2.45, 2.75) is 25.2 Å². The molecule has 150 valence electrons. The third kappa shape index (κ3) is 4.59. The highest BCUT2D eigenvalue weighted by Crippen LogP contribution is 2.46. The first-order valence-corrected chi connectivity index (χ1v) is 9.58. The molecule has 4 rings (SSSR count). The van der Waals surface area contributed by atoms with Gasteiger partial charge in [0.15, 0.2) is 0 Å². The number of aromatic nitrogens is 5. The van der Waals surface area contributed by atoms with Crippen molar-refractivity contribution in [1.82, 2.24) is 24.7 Å². The predicted molar refractivity (Wildman–Crippen MR) is 106 cm³/mol. The zero-order valence-corrected chi connectivity index (χ0v) is 16.5. The van der Waals surface area contributed by atoms with Crippen molar-refractivity contribution < 1.29 is 9.47 Å². The summed E-state index contributed by atoms with van der Waals surface area (Å²) in [6.07, 6.45) is 9.06. The first kappa shape index (κ1) is 19.0. The summed E-state index contributed by atoms with van der Waals surface area (Å²) >= 11 is 0. The van der Waals surface area contributed by atoms with Crippen LogP contribution in [-0.2, 0) is 19.9 Å². The number of pyridine rings is 1. The van der Waals surface area contributed by atoms with E-state index in [1.165, 1.54) is 11.0 Å². The number of hydrogen-bond acceptors (Lipinski definition) is 7. The van der Waals surface area contributed by atoms with E-state index in [1.807, 2.05) is 12.1 Å². The van der Waals surface area contributed by atoms with E-state index in [0.29, 0.717) is 42.7 Å². The van der Waals surface area contributed by atoms with Crippen LogP contribution in [0, 0.1) is 5.92 Å². The van der Waals surface area contributed by atoms with Crippen LogP contribution in [0.4, 0.5) is 0 Å². The summed E-state index contributed by atoms with van der Waals surface area (Å²) in [6.45, 7) is 0.551. The molecule has 0 unspecified atom stereocenters. The molecule has 1 aliphatic rings. The van der Waals surface area contributed by atoms with E-state index < -0.39 is 0 Å². The van der Waals surface area contributed by atoms with Gasteiger partial charge in [-0.05, 0) is 37.0 Å². The fraction of sp³-hybridized carbons (Fsp3) is 0.381. The lowest BCUT2D eigenvalue weighted by atomic mass is 10.1. The maximum Gasteiger partial charge on any atom is 0.269 e. The lowest BCUT2D eigenvalue weighted by Gasteiger charge is -2.09. The Morgan fingerprint density at radius 1 is 1.17 bits per heavy atom. The third-order valence-electron chi connectivity index (χ3n) is 5.15. The fourth-order valence-corrected chi connectivity index (χ4v) is 3.35. The molecule has 0 radical (unpaired) electrons. The van der Waals surface area contributed by atoms with Gasteiger partial charge in [0.05, 0.1) is 19.9 Å². The average Bonchev–Trinajstić information content (AvgIpc) is 3.54. The molecular weight excluding hydrogens is 370 g/mol. The van der Waals surface area contributed by atoms with Crippen LogP contribution < -0.4 is 15.0 Å². The Bertz CT molecular complexity index is 1020. The monoisotopic (exact) mass is 393 g/mol. The van der Waals surface area contributed by atoms with Crippen molar-refractivity contribution >= 4 is 0 Å². The van der Waals surface area contributed by atoms with Gasteiger partial charge in [-0.2, -0.15) is 0 Å². The molecule has 3 aromatic rings. The predicted octanol–water partition coefficient (Wildman–Crippen LogP) is 1.94. The largest absolute Gasteiger partial charge is 0.495 e. The van der Waals surface area contributed by atoms with Crippen LogP contribution in [0.15, 0.2) is 47.9 Å². The highest BCUT2D eigenvalue weighted by atomic mass is 16.5. The molecule has 3 heterocycles. The van der Waals surface area contributed by atoms with Gasteiger partial charge in [0.2, 0.25) is 5.88 Å². The molecule has 0 amide bonds. The smallest absolute Gasteiger partial charge is 0.269 e. The van der Waals surface area contributed by atoms with Crippen LogP contribution in [0.1, 0.15) is 29.2 Å². The van der Waals surface area contributed by atoms with Crippen LogP contribution in [0.3, 0.4) is 0 Å². The SMILES string of the molecule is COc1ccc([C@H]2C[C@@H]2COc2cc(CCc3cncnc3)c(=O)n(C)n2)nc1. The summed E-state index contributed by atoms with van der Waals surface area (Å²) in [7, 11) is 3.28. The molecule has 1 fully saturated rings. The molecule has 0 N–H and O–H groups in total. The molecule has 0 saturated heterocycles. The second-order valence-corrected chi connectivity index (χ2v) is 7.22. The van der Waals surface area contributed by atoms with Crippen molar-refractivity contribution in [3.63, 3.8) is 0 Å². The van der Waals surface area contributed by atoms with E-state index in [9.17, 15) is 4.79 Å². The Morgan fingerprint density at radius 3 is 2.72 bits per heavy atom. The zero-order chi connectivity index (χ0) is 20.2. The summed E-state index contributed by atoms with van der Waals surface area (Å²) in [6, 6.07) is 5.67. The Morgan fingerprint density at radius 2 is 2.00 bits per heavy atom. The minimum Gasteiger partial charge on any atom is -0.495 e. The normalized spacial score (nSPS) is 17.7. The van der Waals surface area contributed by atoms with Crippen LogP contribution >= 0.6 is 0 Å². The minimum atomic E-state index is -0.110. The lowest BCUT2D eigenvalue weighted by Crippen LogP contribution is -2.24. The molecule has 0 aliphatic heterocycles. The van der Waals surface area contributed by atoms with E-state index in [1.54, 1.807) is 38.8 Å². The topological polar surface area (TPSA) is 92.0 Å². The summed E-state index contributed by atoms with van der Waals surface area (Å²) in [5.41, 5.74) is 2.60. The Labute approximate surface area is 168 Å². The van der Waals surface area contributed by atoms with Crippen LogP contribution in [-0.4, -0.2) is 38.4 Å². The van der Waals surface area contributed by atoms with E-state index in [-0.39, 0.29) is 5.56 Å². The van der Waals surface area contributed by atoms with Crippen LogP contribution in [0.5, 0.6) is 11.6 Å². The maximum absolute atomic E-state index is 12.4. The number of methoxy groups -OCH3 is 1. The second-order valence-electron chi connectivity index (χ2n) is 7.22. The summed E-state index contributed by atoms with van der Waals surface area (Å²) in [4.78, 5) is 24.9. The summed E-state index contributed by atoms with van der Waals surface area (Å²) < 4.78 is 12.4. The van der Waals surface area contributed by atoms with Crippen LogP contribution in [0.2, 0.25) is 0 Å². The molecule has 29 heavy (non-hydrogen) atoms. The molecular formula is C21H23N5O3. The molecule has 2 atom stereocenters. The number of hydrogen-bond donors (Lipinski definition) is 0. The fourth-order valence-electron chi connectivity index (χ4n) is 3.35. The minimum absolute atomic E-state index is 0.110. The lowest BCUT2D eigenvalue weighted by molar-refractivity contribution is 0.277. The average molecular weight is 393 g/mol. The Balaban J connectivity index is 1.36. The van der Waals surface area contributed by atoms with Crippen molar-refractivity contribution in [2.24, 2.45) is 13.0 Å². The Hall–Kier alpha value is -3.29. The van der Waals surface area contributed by atoms with Gasteiger partial charge in [-0.25, -0.2) is 14.6 Å². The second kappa shape index (κ2) is 8.38. The van der Waals surface area contributed by atoms with E-state index in [2.05, 4.69) is 20.1 Å². The van der Waals surface area contributed by atoms with Crippen LogP contribution in [0.25, 0.3) is 0 Å². The van der Waals surface area contributed by atoms with Gasteiger partial charge in [0.25, 0.3) is 5.56 Å². The van der Waals surface area contributed by atoms with Gasteiger partial charge >= 0.3 is 0 Å². The van der Waals surface area contributed by atoms with E-state index in [0.717, 1.165) is 23.4 Å². The Kier molecular flexibility index (Phi) is 5.50. The molecule has 0 aromatic carbocycles. The number of nitrogens with zero attached hydrogens (tertiary/aromatic N) is 5. The maximum atomic E-state index is 12.4. The number of ether oxygens (including phenoxy) is 2. The van der Waals surface area contributed by atoms with Crippen molar-refractivity contribution in [3.05, 3.63) is 70.3 Å². The van der Waals surface area contributed by atoms with Gasteiger partial charge in [-0.15, -0.1) is 5.10 Å². The zero-order valence-electron chi connectivity index (χ0n) is 16.5. The highest BCUT2D eigenvalue weighted by Gasteiger charge is 2.40. The first-order valence-electron chi connectivity index (χ1n) is 9.58. The standard InChI is InChI=1S/C21H23N5O3/c1-26-21(27)15(4-3-14-9-22-13-23-10-14)8-20(25-26)29-12-16-7-18(16)19-6-5-17(28-2)11-24-19/h5-6,8-11,13,16,18H,3-4,7,12H2,1-2H3/t16-,18+/m1/s1. The molecule has 0 bridgehead atoms. The molecule has 1 aliphatic carbocycles. The third-order valence-corrected chi connectivity index (χ3v) is 5.15. The van der Waals surface area contributed by atoms with Crippen molar-refractivity contribution in [3.8, 4) is 11.6 Å². The molecule has 0 spiro atoms.